The highest BCUT2D eigenvalue weighted by atomic mass is 16.2. The van der Waals surface area contributed by atoms with Gasteiger partial charge in [0.25, 0.3) is 17.4 Å². The molecule has 1 aromatic carbocycles. The van der Waals surface area contributed by atoms with Crippen molar-refractivity contribution in [3.63, 3.8) is 0 Å². The average molecular weight is 319 g/mol. The number of carbonyl (C=O) groups excluding carboxylic acids is 2. The Morgan fingerprint density at radius 3 is 2.67 bits per heavy atom. The minimum atomic E-state index is -0.650. The number of nitrogens with two attached hydrogens (primary N) is 1. The number of carbonyl (C=O) groups is 2. The van der Waals surface area contributed by atoms with Crippen molar-refractivity contribution in [1.29, 1.82) is 5.26 Å². The van der Waals surface area contributed by atoms with Crippen molar-refractivity contribution in [1.82, 2.24) is 14.9 Å². The van der Waals surface area contributed by atoms with Gasteiger partial charge in [-0.25, -0.2) is 0 Å². The number of imide groups is 1. The van der Waals surface area contributed by atoms with Gasteiger partial charge in [0.2, 0.25) is 0 Å². The standard InChI is InChI=1S/C16H9N5O3/c17-6-7-3-10-8(1-2-19-10)11(4-7)21-12(22)5-9-13(14(21)18)16(24)20-15(9)23/h1-5,19H,18H2,(H,20,23,24). The number of pyridine rings is 1. The number of benzene rings is 1. The van der Waals surface area contributed by atoms with E-state index in [4.69, 9.17) is 5.73 Å². The summed E-state index contributed by atoms with van der Waals surface area (Å²) >= 11 is 0. The zero-order valence-corrected chi connectivity index (χ0v) is 12.1. The molecule has 0 spiro atoms. The lowest BCUT2D eigenvalue weighted by Crippen LogP contribution is -2.24. The topological polar surface area (TPSA) is 134 Å². The van der Waals surface area contributed by atoms with Crippen LogP contribution in [0.25, 0.3) is 16.6 Å². The molecule has 0 radical (unpaired) electrons. The summed E-state index contributed by atoms with van der Waals surface area (Å²) in [5.41, 5.74) is 6.73. The van der Waals surface area contributed by atoms with Gasteiger partial charge >= 0.3 is 0 Å². The normalized spacial score (nSPS) is 13.0. The number of amides is 2. The first kappa shape index (κ1) is 13.8. The van der Waals surface area contributed by atoms with Crippen LogP contribution in [0.5, 0.6) is 0 Å². The lowest BCUT2D eigenvalue weighted by molar-refractivity contribution is 0.0880. The molecule has 0 unspecified atom stereocenters. The Morgan fingerprint density at radius 2 is 1.92 bits per heavy atom. The van der Waals surface area contributed by atoms with Gasteiger partial charge in [0.15, 0.2) is 0 Å². The summed E-state index contributed by atoms with van der Waals surface area (Å²) in [6.07, 6.45) is 1.67. The second-order valence-electron chi connectivity index (χ2n) is 5.32. The molecule has 116 valence electrons. The van der Waals surface area contributed by atoms with Crippen molar-refractivity contribution in [3.8, 4) is 11.8 Å². The number of hydrogen-bond donors (Lipinski definition) is 3. The fraction of sp³-hybridized carbons (Fsp3) is 0. The molecule has 0 aliphatic carbocycles. The van der Waals surface area contributed by atoms with Crippen LogP contribution in [0.3, 0.4) is 0 Å². The lowest BCUT2D eigenvalue weighted by Gasteiger charge is -2.13. The van der Waals surface area contributed by atoms with E-state index in [2.05, 4.69) is 10.3 Å². The Bertz CT molecular complexity index is 1160. The van der Waals surface area contributed by atoms with E-state index in [0.29, 0.717) is 22.2 Å². The van der Waals surface area contributed by atoms with E-state index in [1.54, 1.807) is 18.3 Å². The summed E-state index contributed by atoms with van der Waals surface area (Å²) in [7, 11) is 0. The molecule has 0 bridgehead atoms. The zero-order valence-electron chi connectivity index (χ0n) is 12.1. The molecule has 0 saturated carbocycles. The number of nitrogens with one attached hydrogen (secondary N) is 2. The summed E-state index contributed by atoms with van der Waals surface area (Å²) in [4.78, 5) is 39.1. The van der Waals surface area contributed by atoms with Gasteiger partial charge in [-0.05, 0) is 18.2 Å². The van der Waals surface area contributed by atoms with E-state index < -0.39 is 17.4 Å². The number of fused-ring (bicyclic) bond motifs is 2. The highest BCUT2D eigenvalue weighted by molar-refractivity contribution is 6.23. The lowest BCUT2D eigenvalue weighted by atomic mass is 10.1. The summed E-state index contributed by atoms with van der Waals surface area (Å²) in [5, 5.41) is 12.0. The van der Waals surface area contributed by atoms with E-state index in [9.17, 15) is 19.6 Å². The molecule has 4 rings (SSSR count). The molecule has 24 heavy (non-hydrogen) atoms. The highest BCUT2D eigenvalue weighted by Gasteiger charge is 2.32. The van der Waals surface area contributed by atoms with Gasteiger partial charge in [-0.1, -0.05) is 0 Å². The van der Waals surface area contributed by atoms with Crippen molar-refractivity contribution in [3.05, 3.63) is 57.5 Å². The number of H-pyrrole nitrogens is 1. The Kier molecular flexibility index (Phi) is 2.62. The van der Waals surface area contributed by atoms with Gasteiger partial charge in [-0.15, -0.1) is 0 Å². The second-order valence-corrected chi connectivity index (χ2v) is 5.32. The monoisotopic (exact) mass is 319 g/mol. The maximum atomic E-state index is 12.5. The fourth-order valence-corrected chi connectivity index (χ4v) is 2.92. The average Bonchev–Trinajstić information content (AvgIpc) is 3.12. The van der Waals surface area contributed by atoms with Crippen LogP contribution in [0.1, 0.15) is 26.3 Å². The van der Waals surface area contributed by atoms with E-state index in [1.165, 1.54) is 6.07 Å². The summed E-state index contributed by atoms with van der Waals surface area (Å²) in [6.45, 7) is 0. The maximum absolute atomic E-state index is 12.5. The fourth-order valence-electron chi connectivity index (χ4n) is 2.92. The molecular weight excluding hydrogens is 310 g/mol. The van der Waals surface area contributed by atoms with Crippen LogP contribution in [-0.2, 0) is 0 Å². The van der Waals surface area contributed by atoms with Crippen LogP contribution >= 0.6 is 0 Å². The third-order valence-corrected chi connectivity index (χ3v) is 3.97. The molecule has 2 amide bonds. The first-order valence-corrected chi connectivity index (χ1v) is 6.94. The number of hydrogen-bond acceptors (Lipinski definition) is 5. The second kappa shape index (κ2) is 4.57. The molecule has 0 saturated heterocycles. The van der Waals surface area contributed by atoms with Gasteiger partial charge in [-0.3, -0.25) is 24.3 Å². The Labute approximate surface area is 134 Å². The Morgan fingerprint density at radius 1 is 1.12 bits per heavy atom. The van der Waals surface area contributed by atoms with Crippen molar-refractivity contribution < 1.29 is 9.59 Å². The minimum absolute atomic E-state index is 0.0364. The summed E-state index contributed by atoms with van der Waals surface area (Å²) in [5.74, 6) is -1.44. The zero-order chi connectivity index (χ0) is 17.0. The largest absolute Gasteiger partial charge is 0.384 e. The van der Waals surface area contributed by atoms with Crippen LogP contribution in [0.15, 0.2) is 35.3 Å². The number of nitrogens with zero attached hydrogens (tertiary/aromatic N) is 2. The van der Waals surface area contributed by atoms with Crippen LogP contribution in [0.2, 0.25) is 0 Å². The molecule has 4 N–H and O–H groups in total. The van der Waals surface area contributed by atoms with Crippen molar-refractivity contribution in [2.75, 3.05) is 5.73 Å². The molecule has 1 aliphatic rings. The molecule has 3 heterocycles. The third kappa shape index (κ3) is 1.69. The van der Waals surface area contributed by atoms with Crippen LogP contribution in [0, 0.1) is 11.3 Å². The SMILES string of the molecule is N#Cc1cc(-n2c(N)c3c(cc2=O)C(=O)NC3=O)c2cc[nH]c2c1. The molecule has 0 atom stereocenters. The van der Waals surface area contributed by atoms with Gasteiger partial charge in [0.05, 0.1) is 28.4 Å². The van der Waals surface area contributed by atoms with Gasteiger partial charge < -0.3 is 10.7 Å². The van der Waals surface area contributed by atoms with Crippen LogP contribution in [0.4, 0.5) is 5.82 Å². The predicted molar refractivity (Wildman–Crippen MR) is 84.8 cm³/mol. The molecule has 2 aromatic heterocycles. The van der Waals surface area contributed by atoms with Crippen LogP contribution in [-0.4, -0.2) is 21.4 Å². The minimum Gasteiger partial charge on any atom is -0.384 e. The predicted octanol–water partition coefficient (Wildman–Crippen LogP) is 0.656. The Balaban J connectivity index is 2.13. The number of anilines is 1. The van der Waals surface area contributed by atoms with E-state index in [0.717, 1.165) is 10.6 Å². The van der Waals surface area contributed by atoms with Crippen LogP contribution < -0.4 is 16.6 Å². The van der Waals surface area contributed by atoms with Crippen molar-refractivity contribution in [2.24, 2.45) is 0 Å². The summed E-state index contributed by atoms with van der Waals surface area (Å²) < 4.78 is 1.13. The molecular formula is C16H9N5O3. The quantitative estimate of drug-likeness (QED) is 0.566. The van der Waals surface area contributed by atoms with Crippen molar-refractivity contribution >= 4 is 28.5 Å². The van der Waals surface area contributed by atoms with E-state index in [1.807, 2.05) is 6.07 Å². The first-order valence-electron chi connectivity index (χ1n) is 6.94. The number of aromatic amines is 1. The Hall–Kier alpha value is -3.86. The smallest absolute Gasteiger partial charge is 0.262 e. The van der Waals surface area contributed by atoms with Gasteiger partial charge in [0, 0.05) is 23.2 Å². The maximum Gasteiger partial charge on any atom is 0.262 e. The number of nitrogen functional groups attached to an aromatic ring is 1. The molecule has 3 aromatic rings. The number of nitriles is 1. The van der Waals surface area contributed by atoms with Gasteiger partial charge in [0.1, 0.15) is 5.82 Å². The number of rotatable bonds is 1. The van der Waals surface area contributed by atoms with E-state index >= 15 is 0 Å². The summed E-state index contributed by atoms with van der Waals surface area (Å²) in [6, 6.07) is 7.97. The third-order valence-electron chi connectivity index (χ3n) is 3.97. The molecule has 1 aliphatic heterocycles. The molecule has 8 heteroatoms. The molecule has 8 nitrogen and oxygen atoms in total. The molecule has 0 fully saturated rings. The number of aromatic nitrogens is 2. The van der Waals surface area contributed by atoms with Crippen molar-refractivity contribution in [2.45, 2.75) is 0 Å². The van der Waals surface area contributed by atoms with E-state index in [-0.39, 0.29) is 16.9 Å². The first-order chi connectivity index (χ1) is 11.5. The highest BCUT2D eigenvalue weighted by Crippen LogP contribution is 2.28. The van der Waals surface area contributed by atoms with Gasteiger partial charge in [-0.2, -0.15) is 5.26 Å².